The summed E-state index contributed by atoms with van der Waals surface area (Å²) in [4.78, 5) is 14.6. The van der Waals surface area contributed by atoms with Crippen LogP contribution < -0.4 is 5.32 Å². The molecule has 2 N–H and O–H groups in total. The average molecular weight is 258 g/mol. The van der Waals surface area contributed by atoms with Crippen LogP contribution in [0.5, 0.6) is 0 Å². The number of alkyl halides is 3. The zero-order valence-electron chi connectivity index (χ0n) is 8.56. The minimum atomic E-state index is -4.52. The zero-order valence-corrected chi connectivity index (χ0v) is 8.56. The number of rotatable bonds is 2. The van der Waals surface area contributed by atoms with Gasteiger partial charge in [-0.1, -0.05) is 0 Å². The monoisotopic (exact) mass is 258 g/mol. The molecule has 2 aromatic rings. The number of tetrazole rings is 1. The van der Waals surface area contributed by atoms with E-state index in [2.05, 4.69) is 30.9 Å². The normalized spacial score (nSPS) is 11.3. The van der Waals surface area contributed by atoms with Crippen LogP contribution in [0.15, 0.2) is 18.3 Å². The van der Waals surface area contributed by atoms with Crippen molar-refractivity contribution in [2.45, 2.75) is 6.18 Å². The number of hydrogen-bond donors (Lipinski definition) is 2. The van der Waals surface area contributed by atoms with Crippen molar-refractivity contribution in [3.8, 4) is 0 Å². The standard InChI is InChI=1S/C8H5F3N6O/c9-8(10,11)5-2-1-4(3-12-5)13-7(18)6-14-16-17-15-6/h1-3H,(H,13,18)(H,14,15,16,17). The number of aromatic amines is 1. The molecule has 0 aromatic carbocycles. The Morgan fingerprint density at radius 2 is 2.11 bits per heavy atom. The molecule has 0 atom stereocenters. The first-order valence-corrected chi connectivity index (χ1v) is 4.55. The highest BCUT2D eigenvalue weighted by Crippen LogP contribution is 2.27. The quantitative estimate of drug-likeness (QED) is 0.832. The van der Waals surface area contributed by atoms with E-state index in [-0.39, 0.29) is 11.5 Å². The SMILES string of the molecule is O=C(Nc1ccc(C(F)(F)F)nc1)c1nn[nH]n1. The summed E-state index contributed by atoms with van der Waals surface area (Å²) in [6.45, 7) is 0. The molecule has 1 amide bonds. The van der Waals surface area contributed by atoms with E-state index in [1.807, 2.05) is 0 Å². The second-order valence-electron chi connectivity index (χ2n) is 3.12. The van der Waals surface area contributed by atoms with Crippen LogP contribution in [0, 0.1) is 0 Å². The van der Waals surface area contributed by atoms with Crippen molar-refractivity contribution in [2.75, 3.05) is 5.32 Å². The first-order chi connectivity index (χ1) is 8.47. The number of hydrogen-bond acceptors (Lipinski definition) is 5. The van der Waals surface area contributed by atoms with Crippen LogP contribution in [-0.4, -0.2) is 31.5 Å². The summed E-state index contributed by atoms with van der Waals surface area (Å²) in [5.41, 5.74) is -0.946. The van der Waals surface area contributed by atoms with Crippen LogP contribution >= 0.6 is 0 Å². The Labute approximate surface area is 97.4 Å². The molecule has 7 nitrogen and oxygen atoms in total. The number of nitrogens with one attached hydrogen (secondary N) is 2. The van der Waals surface area contributed by atoms with Gasteiger partial charge in [0.1, 0.15) is 5.69 Å². The number of anilines is 1. The lowest BCUT2D eigenvalue weighted by Crippen LogP contribution is -2.15. The fourth-order valence-corrected chi connectivity index (χ4v) is 1.08. The van der Waals surface area contributed by atoms with Gasteiger partial charge in [-0.05, 0) is 17.3 Å². The lowest BCUT2D eigenvalue weighted by atomic mass is 10.3. The molecule has 2 aromatic heterocycles. The highest BCUT2D eigenvalue weighted by atomic mass is 19.4. The van der Waals surface area contributed by atoms with Crippen LogP contribution in [0.3, 0.4) is 0 Å². The highest BCUT2D eigenvalue weighted by molar-refractivity contribution is 6.01. The number of carbonyl (C=O) groups excluding carboxylic acids is 1. The molecule has 0 spiro atoms. The fraction of sp³-hybridized carbons (Fsp3) is 0.125. The minimum Gasteiger partial charge on any atom is -0.318 e. The van der Waals surface area contributed by atoms with Crippen molar-refractivity contribution in [3.63, 3.8) is 0 Å². The second kappa shape index (κ2) is 4.39. The fourth-order valence-electron chi connectivity index (χ4n) is 1.08. The van der Waals surface area contributed by atoms with Crippen LogP contribution in [0.2, 0.25) is 0 Å². The number of nitrogens with zero attached hydrogens (tertiary/aromatic N) is 4. The number of amides is 1. The average Bonchev–Trinajstić information content (AvgIpc) is 2.82. The van der Waals surface area contributed by atoms with Crippen molar-refractivity contribution in [2.24, 2.45) is 0 Å². The van der Waals surface area contributed by atoms with Gasteiger partial charge in [-0.15, -0.1) is 10.2 Å². The lowest BCUT2D eigenvalue weighted by molar-refractivity contribution is -0.141. The van der Waals surface area contributed by atoms with Gasteiger partial charge in [-0.3, -0.25) is 4.79 Å². The molecule has 0 aliphatic carbocycles. The number of pyridine rings is 1. The number of halogens is 3. The van der Waals surface area contributed by atoms with Crippen LogP contribution in [0.1, 0.15) is 16.3 Å². The van der Waals surface area contributed by atoms with Crippen molar-refractivity contribution in [3.05, 3.63) is 29.8 Å². The third-order valence-electron chi connectivity index (χ3n) is 1.86. The molecule has 18 heavy (non-hydrogen) atoms. The molecular weight excluding hydrogens is 253 g/mol. The summed E-state index contributed by atoms with van der Waals surface area (Å²) < 4.78 is 36.7. The van der Waals surface area contributed by atoms with Gasteiger partial charge >= 0.3 is 6.18 Å². The van der Waals surface area contributed by atoms with Crippen LogP contribution in [-0.2, 0) is 6.18 Å². The van der Waals surface area contributed by atoms with Crippen molar-refractivity contribution >= 4 is 11.6 Å². The summed E-state index contributed by atoms with van der Waals surface area (Å²) in [5, 5.41) is 14.3. The first kappa shape index (κ1) is 12.0. The van der Waals surface area contributed by atoms with Gasteiger partial charge in [-0.2, -0.15) is 18.4 Å². The third-order valence-corrected chi connectivity index (χ3v) is 1.86. The second-order valence-corrected chi connectivity index (χ2v) is 3.12. The van der Waals surface area contributed by atoms with Gasteiger partial charge in [0.2, 0.25) is 0 Å². The van der Waals surface area contributed by atoms with Gasteiger partial charge in [0, 0.05) is 0 Å². The molecule has 0 saturated carbocycles. The maximum atomic E-state index is 12.2. The van der Waals surface area contributed by atoms with E-state index >= 15 is 0 Å². The molecule has 0 radical (unpaired) electrons. The Morgan fingerprint density at radius 1 is 1.33 bits per heavy atom. The highest BCUT2D eigenvalue weighted by Gasteiger charge is 2.32. The van der Waals surface area contributed by atoms with E-state index in [1.165, 1.54) is 0 Å². The maximum Gasteiger partial charge on any atom is 0.433 e. The Balaban J connectivity index is 2.09. The Kier molecular flexibility index (Phi) is 2.92. The van der Waals surface area contributed by atoms with E-state index in [0.29, 0.717) is 0 Å². The van der Waals surface area contributed by atoms with Gasteiger partial charge < -0.3 is 5.32 Å². The molecule has 10 heteroatoms. The number of carbonyl (C=O) groups is 1. The molecular formula is C8H5F3N6O. The first-order valence-electron chi connectivity index (χ1n) is 4.55. The Morgan fingerprint density at radius 3 is 2.61 bits per heavy atom. The van der Waals surface area contributed by atoms with Crippen molar-refractivity contribution in [1.82, 2.24) is 25.6 Å². The Bertz CT molecular complexity index is 535. The predicted octanol–water partition coefficient (Wildman–Crippen LogP) is 0.866. The molecule has 0 aliphatic heterocycles. The van der Waals surface area contributed by atoms with Crippen molar-refractivity contribution < 1.29 is 18.0 Å². The van der Waals surface area contributed by atoms with Gasteiger partial charge in [0.05, 0.1) is 11.9 Å². The molecule has 0 unspecified atom stereocenters. The molecule has 2 rings (SSSR count). The van der Waals surface area contributed by atoms with Gasteiger partial charge in [-0.25, -0.2) is 4.98 Å². The molecule has 0 bridgehead atoms. The lowest BCUT2D eigenvalue weighted by Gasteiger charge is -2.06. The summed E-state index contributed by atoms with van der Waals surface area (Å²) >= 11 is 0. The number of H-pyrrole nitrogens is 1. The predicted molar refractivity (Wildman–Crippen MR) is 51.4 cm³/mol. The summed E-state index contributed by atoms with van der Waals surface area (Å²) in [7, 11) is 0. The molecule has 0 fully saturated rings. The Hall–Kier alpha value is -2.52. The number of aromatic nitrogens is 5. The van der Waals surface area contributed by atoms with E-state index in [4.69, 9.17) is 0 Å². The molecule has 2 heterocycles. The molecule has 94 valence electrons. The summed E-state index contributed by atoms with van der Waals surface area (Å²) in [6, 6.07) is 1.83. The van der Waals surface area contributed by atoms with E-state index in [9.17, 15) is 18.0 Å². The van der Waals surface area contributed by atoms with Gasteiger partial charge in [0.15, 0.2) is 0 Å². The molecule has 0 saturated heterocycles. The topological polar surface area (TPSA) is 96.5 Å². The van der Waals surface area contributed by atoms with Gasteiger partial charge in [0.25, 0.3) is 11.7 Å². The summed E-state index contributed by atoms with van der Waals surface area (Å²) in [5.74, 6) is -0.930. The van der Waals surface area contributed by atoms with Crippen LogP contribution in [0.4, 0.5) is 18.9 Å². The maximum absolute atomic E-state index is 12.2. The molecule has 0 aliphatic rings. The van der Waals surface area contributed by atoms with E-state index < -0.39 is 17.8 Å². The summed E-state index contributed by atoms with van der Waals surface area (Å²) in [6.07, 6.45) is -3.63. The van der Waals surface area contributed by atoms with Crippen molar-refractivity contribution in [1.29, 1.82) is 0 Å². The third kappa shape index (κ3) is 2.59. The van der Waals surface area contributed by atoms with E-state index in [1.54, 1.807) is 0 Å². The zero-order chi connectivity index (χ0) is 13.2. The van der Waals surface area contributed by atoms with Crippen LogP contribution in [0.25, 0.3) is 0 Å². The van der Waals surface area contributed by atoms with E-state index in [0.717, 1.165) is 18.3 Å². The smallest absolute Gasteiger partial charge is 0.318 e. The largest absolute Gasteiger partial charge is 0.433 e. The minimum absolute atomic E-state index is 0.0952.